The molecule has 1 amide bonds. The topological polar surface area (TPSA) is 110 Å². The van der Waals surface area contributed by atoms with E-state index in [4.69, 9.17) is 0 Å². The lowest BCUT2D eigenvalue weighted by molar-refractivity contribution is -0.138. The third-order valence-electron chi connectivity index (χ3n) is 5.85. The number of nitrogens with one attached hydrogen (secondary N) is 1. The molecule has 210 valence electrons. The third kappa shape index (κ3) is 6.08. The molecule has 2 aromatic rings. The van der Waals surface area contributed by atoms with Crippen molar-refractivity contribution in [3.8, 4) is 0 Å². The van der Waals surface area contributed by atoms with Gasteiger partial charge in [0.25, 0.3) is 5.91 Å². The minimum absolute atomic E-state index is 0.0520. The average Bonchev–Trinajstić information content (AvgIpc) is 2.78. The van der Waals surface area contributed by atoms with E-state index in [1.54, 1.807) is 0 Å². The molecule has 17 heteroatoms. The molecule has 0 unspecified atom stereocenters. The Hall–Kier alpha value is -2.82. The first-order valence-electron chi connectivity index (χ1n) is 10.5. The molecule has 0 atom stereocenters. The molecule has 1 aliphatic rings. The predicted molar refractivity (Wildman–Crippen MR) is 114 cm³/mol. The smallest absolute Gasteiger partial charge is 0.348 e. The second-order valence-corrected chi connectivity index (χ2v) is 12.8. The van der Waals surface area contributed by atoms with Gasteiger partial charge in [-0.2, -0.15) is 26.3 Å². The molecular formula is C21H18F8N2O5S2. The molecule has 1 N–H and O–H groups in total. The molecule has 0 saturated heterocycles. The molecule has 0 bridgehead atoms. The van der Waals surface area contributed by atoms with Crippen molar-refractivity contribution in [3.05, 3.63) is 53.1 Å². The van der Waals surface area contributed by atoms with Gasteiger partial charge in [-0.15, -0.1) is 0 Å². The van der Waals surface area contributed by atoms with Gasteiger partial charge in [0.1, 0.15) is 11.5 Å². The Morgan fingerprint density at radius 1 is 0.947 bits per heavy atom. The Morgan fingerprint density at radius 3 is 2.00 bits per heavy atom. The van der Waals surface area contributed by atoms with E-state index in [0.717, 1.165) is 0 Å². The van der Waals surface area contributed by atoms with Gasteiger partial charge in [0, 0.05) is 18.5 Å². The number of benzene rings is 1. The number of aromatic nitrogens is 1. The number of hydrogen-bond acceptors (Lipinski definition) is 6. The number of carbonyl (C=O) groups is 1. The Morgan fingerprint density at radius 2 is 1.50 bits per heavy atom. The fourth-order valence-electron chi connectivity index (χ4n) is 3.86. The fraction of sp³-hybridized carbons (Fsp3) is 0.429. The molecule has 0 aliphatic heterocycles. The second kappa shape index (κ2) is 9.73. The molecule has 1 aromatic heterocycles. The maximum atomic E-state index is 15.5. The van der Waals surface area contributed by atoms with E-state index >= 15 is 4.39 Å². The van der Waals surface area contributed by atoms with Crippen molar-refractivity contribution in [3.63, 3.8) is 0 Å². The SMILES string of the molecule is CS(=O)(=O)c1cc(C(F)(F)F)cnc1C(=O)N[C@H]1CC[C@@](F)(S(=O)(=O)c2cc(F)cc(C(F)(F)F)c2)CC1. The summed E-state index contributed by atoms with van der Waals surface area (Å²) < 4.78 is 157. The van der Waals surface area contributed by atoms with Gasteiger partial charge in [0.15, 0.2) is 9.84 Å². The summed E-state index contributed by atoms with van der Waals surface area (Å²) in [4.78, 5) is 13.7. The zero-order valence-corrected chi connectivity index (χ0v) is 20.8. The number of sulfone groups is 2. The Balaban J connectivity index is 1.81. The van der Waals surface area contributed by atoms with Crippen LogP contribution in [0.2, 0.25) is 0 Å². The first kappa shape index (κ1) is 29.7. The Labute approximate surface area is 211 Å². The zero-order chi connectivity index (χ0) is 28.9. The van der Waals surface area contributed by atoms with Crippen LogP contribution in [-0.4, -0.2) is 45.0 Å². The standard InChI is InChI=1S/C21H18F8N2O5S2/c1-37(33,34)16-8-12(21(27,28)29)10-30-17(16)18(32)31-14-2-4-19(23,5-3-14)38(35,36)15-7-11(20(24,25)26)6-13(22)9-15/h6-10,14H,2-5H2,1H3,(H,31,32)/t14-,19+. The minimum atomic E-state index is -5.13. The number of pyridine rings is 1. The first-order chi connectivity index (χ1) is 17.1. The van der Waals surface area contributed by atoms with Gasteiger partial charge in [-0.3, -0.25) is 4.79 Å². The molecule has 1 aromatic carbocycles. The van der Waals surface area contributed by atoms with Gasteiger partial charge in [-0.1, -0.05) is 0 Å². The summed E-state index contributed by atoms with van der Waals surface area (Å²) in [6, 6.07) is -0.349. The van der Waals surface area contributed by atoms with E-state index in [-0.39, 0.29) is 30.5 Å². The van der Waals surface area contributed by atoms with E-state index in [2.05, 4.69) is 10.3 Å². The van der Waals surface area contributed by atoms with Crippen LogP contribution in [0, 0.1) is 5.82 Å². The van der Waals surface area contributed by atoms with Crippen LogP contribution >= 0.6 is 0 Å². The summed E-state index contributed by atoms with van der Waals surface area (Å²) in [7, 11) is -9.49. The van der Waals surface area contributed by atoms with Crippen molar-refractivity contribution in [2.24, 2.45) is 0 Å². The van der Waals surface area contributed by atoms with Crippen LogP contribution in [0.5, 0.6) is 0 Å². The highest BCUT2D eigenvalue weighted by atomic mass is 32.2. The lowest BCUT2D eigenvalue weighted by Gasteiger charge is -2.34. The summed E-state index contributed by atoms with van der Waals surface area (Å²) in [5.74, 6) is -2.77. The Kier molecular flexibility index (Phi) is 7.61. The minimum Gasteiger partial charge on any atom is -0.348 e. The number of hydrogen-bond donors (Lipinski definition) is 1. The van der Waals surface area contributed by atoms with Crippen LogP contribution in [0.25, 0.3) is 0 Å². The number of nitrogens with zero attached hydrogens (tertiary/aromatic N) is 1. The molecular weight excluding hydrogens is 576 g/mol. The van der Waals surface area contributed by atoms with Gasteiger partial charge in [-0.25, -0.2) is 30.6 Å². The maximum Gasteiger partial charge on any atom is 0.417 e. The second-order valence-electron chi connectivity index (χ2n) is 8.65. The summed E-state index contributed by atoms with van der Waals surface area (Å²) >= 11 is 0. The quantitative estimate of drug-likeness (QED) is 0.512. The van der Waals surface area contributed by atoms with Crippen molar-refractivity contribution in [1.82, 2.24) is 10.3 Å². The van der Waals surface area contributed by atoms with Crippen LogP contribution in [0.3, 0.4) is 0 Å². The van der Waals surface area contributed by atoms with Gasteiger partial charge in [0.05, 0.1) is 20.9 Å². The van der Waals surface area contributed by atoms with Crippen molar-refractivity contribution >= 4 is 25.6 Å². The number of carbonyl (C=O) groups excluding carboxylic acids is 1. The fourth-order valence-corrected chi connectivity index (χ4v) is 6.44. The lowest BCUT2D eigenvalue weighted by atomic mass is 9.93. The maximum absolute atomic E-state index is 15.5. The molecule has 1 saturated carbocycles. The zero-order valence-electron chi connectivity index (χ0n) is 19.1. The van der Waals surface area contributed by atoms with Crippen LogP contribution in [-0.2, 0) is 32.0 Å². The van der Waals surface area contributed by atoms with Gasteiger partial charge in [0.2, 0.25) is 14.8 Å². The van der Waals surface area contributed by atoms with Gasteiger partial charge >= 0.3 is 12.4 Å². The molecule has 7 nitrogen and oxygen atoms in total. The molecule has 1 heterocycles. The highest BCUT2D eigenvalue weighted by Crippen LogP contribution is 2.42. The van der Waals surface area contributed by atoms with Crippen LogP contribution < -0.4 is 5.32 Å². The predicted octanol–water partition coefficient (Wildman–Crippen LogP) is 4.47. The van der Waals surface area contributed by atoms with Gasteiger partial charge < -0.3 is 5.32 Å². The lowest BCUT2D eigenvalue weighted by Crippen LogP contribution is -2.45. The number of alkyl halides is 7. The summed E-state index contributed by atoms with van der Waals surface area (Å²) in [6.45, 7) is 0. The largest absolute Gasteiger partial charge is 0.417 e. The highest BCUT2D eigenvalue weighted by molar-refractivity contribution is 7.92. The highest BCUT2D eigenvalue weighted by Gasteiger charge is 2.49. The first-order valence-corrected chi connectivity index (χ1v) is 13.9. The summed E-state index contributed by atoms with van der Waals surface area (Å²) in [5.41, 5.74) is -3.93. The normalized spacial score (nSPS) is 21.2. The van der Waals surface area contributed by atoms with Crippen molar-refractivity contribution in [1.29, 1.82) is 0 Å². The van der Waals surface area contributed by atoms with E-state index in [0.29, 0.717) is 6.26 Å². The molecule has 0 spiro atoms. The number of halogens is 8. The number of rotatable bonds is 5. The van der Waals surface area contributed by atoms with E-state index in [1.807, 2.05) is 0 Å². The Bertz CT molecular complexity index is 1460. The van der Waals surface area contributed by atoms with E-state index in [9.17, 15) is 52.4 Å². The average molecular weight is 595 g/mol. The molecule has 3 rings (SSSR count). The van der Waals surface area contributed by atoms with E-state index < -0.39 is 107 Å². The van der Waals surface area contributed by atoms with Crippen LogP contribution in [0.15, 0.2) is 40.3 Å². The van der Waals surface area contributed by atoms with Crippen molar-refractivity contribution in [2.75, 3.05) is 6.26 Å². The van der Waals surface area contributed by atoms with Crippen molar-refractivity contribution < 1.29 is 56.8 Å². The summed E-state index contributed by atoms with van der Waals surface area (Å²) in [5, 5.41) is -0.860. The van der Waals surface area contributed by atoms with E-state index in [1.165, 1.54) is 0 Å². The molecule has 0 radical (unpaired) electrons. The summed E-state index contributed by atoms with van der Waals surface area (Å²) in [6.07, 6.45) is -11.7. The molecule has 1 aliphatic carbocycles. The monoisotopic (exact) mass is 594 g/mol. The van der Waals surface area contributed by atoms with Gasteiger partial charge in [-0.05, 0) is 49.9 Å². The number of amides is 1. The molecule has 38 heavy (non-hydrogen) atoms. The molecule has 1 fully saturated rings. The van der Waals surface area contributed by atoms with Crippen molar-refractivity contribution in [2.45, 2.75) is 58.9 Å². The van der Waals surface area contributed by atoms with Crippen LogP contribution in [0.4, 0.5) is 35.1 Å². The van der Waals surface area contributed by atoms with Crippen LogP contribution in [0.1, 0.15) is 47.3 Å². The third-order valence-corrected chi connectivity index (χ3v) is 9.19.